The van der Waals surface area contributed by atoms with Crippen molar-refractivity contribution in [2.45, 2.75) is 52.5 Å². The monoisotopic (exact) mass is 231 g/mol. The van der Waals surface area contributed by atoms with Crippen LogP contribution in [0.25, 0.3) is 0 Å². The predicted molar refractivity (Wildman–Crippen MR) is 74.4 cm³/mol. The van der Waals surface area contributed by atoms with E-state index < -0.39 is 0 Å². The molecule has 2 rings (SSSR count). The largest absolute Gasteiger partial charge is 0.309 e. The van der Waals surface area contributed by atoms with Crippen LogP contribution in [0.5, 0.6) is 0 Å². The molecule has 1 nitrogen and oxygen atoms in total. The van der Waals surface area contributed by atoms with Gasteiger partial charge < -0.3 is 5.32 Å². The van der Waals surface area contributed by atoms with Crippen molar-refractivity contribution < 1.29 is 0 Å². The van der Waals surface area contributed by atoms with Crippen molar-refractivity contribution in [2.75, 3.05) is 6.54 Å². The van der Waals surface area contributed by atoms with E-state index in [1.54, 1.807) is 0 Å². The molecule has 1 N–H and O–H groups in total. The lowest BCUT2D eigenvalue weighted by Gasteiger charge is -2.32. The van der Waals surface area contributed by atoms with Crippen LogP contribution in [0.15, 0.2) is 18.2 Å². The van der Waals surface area contributed by atoms with E-state index in [0.29, 0.717) is 12.0 Å². The molecule has 0 amide bonds. The van der Waals surface area contributed by atoms with Crippen LogP contribution >= 0.6 is 0 Å². The average Bonchev–Trinajstić information content (AvgIpc) is 2.26. The third kappa shape index (κ3) is 2.55. The molecule has 1 aliphatic heterocycles. The fraction of sp³-hybridized carbons (Fsp3) is 0.625. The van der Waals surface area contributed by atoms with Crippen LogP contribution in [-0.2, 0) is 11.8 Å². The Bertz CT molecular complexity index is 398. The topological polar surface area (TPSA) is 12.0 Å². The molecule has 1 aromatic rings. The standard InChI is InChI=1S/C16H25N/c1-11(2)15-14-10-13(16(3,4)5)7-6-12(14)8-9-17-15/h6-7,10-11,15,17H,8-9H2,1-5H3. The van der Waals surface area contributed by atoms with E-state index in [-0.39, 0.29) is 5.41 Å². The summed E-state index contributed by atoms with van der Waals surface area (Å²) in [7, 11) is 0. The molecule has 1 aromatic carbocycles. The molecular weight excluding hydrogens is 206 g/mol. The highest BCUT2D eigenvalue weighted by atomic mass is 14.9. The van der Waals surface area contributed by atoms with Crippen LogP contribution in [0.2, 0.25) is 0 Å². The molecule has 94 valence electrons. The molecule has 0 saturated carbocycles. The fourth-order valence-corrected chi connectivity index (χ4v) is 2.65. The van der Waals surface area contributed by atoms with Gasteiger partial charge >= 0.3 is 0 Å². The van der Waals surface area contributed by atoms with Crippen LogP contribution in [0, 0.1) is 5.92 Å². The highest BCUT2D eigenvalue weighted by Crippen LogP contribution is 2.32. The average molecular weight is 231 g/mol. The Morgan fingerprint density at radius 2 is 1.94 bits per heavy atom. The van der Waals surface area contributed by atoms with E-state index in [4.69, 9.17) is 0 Å². The zero-order chi connectivity index (χ0) is 12.6. The molecule has 1 aliphatic rings. The van der Waals surface area contributed by atoms with E-state index in [0.717, 1.165) is 6.54 Å². The quantitative estimate of drug-likeness (QED) is 0.774. The second kappa shape index (κ2) is 4.45. The van der Waals surface area contributed by atoms with Gasteiger partial charge in [-0.05, 0) is 41.0 Å². The molecule has 1 unspecified atom stereocenters. The number of hydrogen-bond acceptors (Lipinski definition) is 1. The molecule has 17 heavy (non-hydrogen) atoms. The summed E-state index contributed by atoms with van der Waals surface area (Å²) >= 11 is 0. The van der Waals surface area contributed by atoms with Crippen molar-refractivity contribution in [1.82, 2.24) is 5.32 Å². The minimum Gasteiger partial charge on any atom is -0.309 e. The lowest BCUT2D eigenvalue weighted by molar-refractivity contribution is 0.394. The number of fused-ring (bicyclic) bond motifs is 1. The summed E-state index contributed by atoms with van der Waals surface area (Å²) in [5.41, 5.74) is 4.76. The van der Waals surface area contributed by atoms with E-state index in [9.17, 15) is 0 Å². The summed E-state index contributed by atoms with van der Waals surface area (Å²) < 4.78 is 0. The molecule has 0 fully saturated rings. The Kier molecular flexibility index (Phi) is 3.31. The van der Waals surface area contributed by atoms with Gasteiger partial charge in [-0.3, -0.25) is 0 Å². The number of nitrogens with one attached hydrogen (secondary N) is 1. The van der Waals surface area contributed by atoms with E-state index in [1.165, 1.54) is 23.1 Å². The minimum absolute atomic E-state index is 0.244. The Labute approximate surface area is 106 Å². The van der Waals surface area contributed by atoms with Crippen molar-refractivity contribution >= 4 is 0 Å². The molecule has 1 heterocycles. The van der Waals surface area contributed by atoms with Crippen LogP contribution in [0.4, 0.5) is 0 Å². The van der Waals surface area contributed by atoms with Gasteiger partial charge in [0.1, 0.15) is 0 Å². The van der Waals surface area contributed by atoms with E-state index in [2.05, 4.69) is 58.1 Å². The molecule has 0 saturated heterocycles. The molecule has 1 heteroatoms. The maximum atomic E-state index is 3.65. The van der Waals surface area contributed by atoms with Gasteiger partial charge in [-0.1, -0.05) is 52.8 Å². The van der Waals surface area contributed by atoms with Gasteiger partial charge in [0.25, 0.3) is 0 Å². The number of hydrogen-bond donors (Lipinski definition) is 1. The first kappa shape index (κ1) is 12.6. The van der Waals surface area contributed by atoms with Crippen LogP contribution in [0.3, 0.4) is 0 Å². The summed E-state index contributed by atoms with van der Waals surface area (Å²) in [5, 5.41) is 3.65. The molecular formula is C16H25N. The number of benzene rings is 1. The lowest BCUT2D eigenvalue weighted by Crippen LogP contribution is -2.33. The molecule has 0 radical (unpaired) electrons. The van der Waals surface area contributed by atoms with Gasteiger partial charge in [-0.15, -0.1) is 0 Å². The van der Waals surface area contributed by atoms with Crippen molar-refractivity contribution in [2.24, 2.45) is 5.92 Å². The zero-order valence-corrected chi connectivity index (χ0v) is 11.8. The Morgan fingerprint density at radius 3 is 2.53 bits per heavy atom. The van der Waals surface area contributed by atoms with Crippen molar-refractivity contribution in [3.63, 3.8) is 0 Å². The van der Waals surface area contributed by atoms with Crippen molar-refractivity contribution in [3.05, 3.63) is 34.9 Å². The van der Waals surface area contributed by atoms with E-state index in [1.807, 2.05) is 0 Å². The Balaban J connectivity index is 2.44. The third-order valence-electron chi connectivity index (χ3n) is 3.77. The molecule has 0 bridgehead atoms. The predicted octanol–water partition coefficient (Wildman–Crippen LogP) is 3.83. The highest BCUT2D eigenvalue weighted by molar-refractivity contribution is 5.39. The SMILES string of the molecule is CC(C)C1NCCc2ccc(C(C)(C)C)cc21. The van der Waals surface area contributed by atoms with Gasteiger partial charge in [0.05, 0.1) is 0 Å². The molecule has 1 atom stereocenters. The normalized spacial score (nSPS) is 20.5. The maximum Gasteiger partial charge on any atom is 0.0346 e. The van der Waals surface area contributed by atoms with Gasteiger partial charge in [-0.25, -0.2) is 0 Å². The zero-order valence-electron chi connectivity index (χ0n) is 11.8. The van der Waals surface area contributed by atoms with Crippen LogP contribution < -0.4 is 5.32 Å². The minimum atomic E-state index is 0.244. The smallest absolute Gasteiger partial charge is 0.0346 e. The third-order valence-corrected chi connectivity index (χ3v) is 3.77. The fourth-order valence-electron chi connectivity index (χ4n) is 2.65. The highest BCUT2D eigenvalue weighted by Gasteiger charge is 2.24. The lowest BCUT2D eigenvalue weighted by atomic mass is 9.81. The first-order valence-electron chi connectivity index (χ1n) is 6.76. The molecule has 0 aromatic heterocycles. The van der Waals surface area contributed by atoms with Crippen LogP contribution in [0.1, 0.15) is 57.4 Å². The van der Waals surface area contributed by atoms with E-state index >= 15 is 0 Å². The van der Waals surface area contributed by atoms with Crippen molar-refractivity contribution in [1.29, 1.82) is 0 Å². The van der Waals surface area contributed by atoms with Crippen LogP contribution in [-0.4, -0.2) is 6.54 Å². The first-order chi connectivity index (χ1) is 7.89. The van der Waals surface area contributed by atoms with Gasteiger partial charge in [0, 0.05) is 6.04 Å². The summed E-state index contributed by atoms with van der Waals surface area (Å²) in [6.07, 6.45) is 1.17. The van der Waals surface area contributed by atoms with Gasteiger partial charge in [0.15, 0.2) is 0 Å². The summed E-state index contributed by atoms with van der Waals surface area (Å²) in [4.78, 5) is 0. The second-order valence-electron chi connectivity index (χ2n) is 6.59. The molecule has 0 aliphatic carbocycles. The molecule has 0 spiro atoms. The summed E-state index contributed by atoms with van der Waals surface area (Å²) in [5.74, 6) is 0.657. The maximum absolute atomic E-state index is 3.65. The first-order valence-corrected chi connectivity index (χ1v) is 6.76. The Morgan fingerprint density at radius 1 is 1.24 bits per heavy atom. The summed E-state index contributed by atoms with van der Waals surface area (Å²) in [6.45, 7) is 12.6. The van der Waals surface area contributed by atoms with Gasteiger partial charge in [-0.2, -0.15) is 0 Å². The summed E-state index contributed by atoms with van der Waals surface area (Å²) in [6, 6.07) is 7.60. The number of rotatable bonds is 1. The second-order valence-corrected chi connectivity index (χ2v) is 6.59. The van der Waals surface area contributed by atoms with Gasteiger partial charge in [0.2, 0.25) is 0 Å². The Hall–Kier alpha value is -0.820. The van der Waals surface area contributed by atoms with Crippen molar-refractivity contribution in [3.8, 4) is 0 Å².